The number of rotatable bonds is 4. The van der Waals surface area contributed by atoms with E-state index in [2.05, 4.69) is 33.5 Å². The SMILES string of the molecule is CCCNc1nnc(-c2ccc(C)nc2C)s1. The van der Waals surface area contributed by atoms with Crippen molar-refractivity contribution in [3.8, 4) is 10.6 Å². The van der Waals surface area contributed by atoms with E-state index in [1.807, 2.05) is 19.9 Å². The fourth-order valence-corrected chi connectivity index (χ4v) is 2.39. The van der Waals surface area contributed by atoms with Crippen LogP contribution in [0.1, 0.15) is 24.7 Å². The van der Waals surface area contributed by atoms with Gasteiger partial charge < -0.3 is 5.32 Å². The number of nitrogens with one attached hydrogen (secondary N) is 1. The highest BCUT2D eigenvalue weighted by Gasteiger charge is 2.09. The molecule has 0 radical (unpaired) electrons. The molecule has 0 spiro atoms. The minimum atomic E-state index is 0.877. The zero-order valence-electron chi connectivity index (χ0n) is 10.3. The summed E-state index contributed by atoms with van der Waals surface area (Å²) in [4.78, 5) is 4.44. The Morgan fingerprint density at radius 1 is 1.24 bits per heavy atom. The number of anilines is 1. The van der Waals surface area contributed by atoms with E-state index in [9.17, 15) is 0 Å². The Morgan fingerprint density at radius 3 is 2.76 bits per heavy atom. The van der Waals surface area contributed by atoms with Gasteiger partial charge >= 0.3 is 0 Å². The quantitative estimate of drug-likeness (QED) is 0.903. The zero-order valence-corrected chi connectivity index (χ0v) is 11.1. The van der Waals surface area contributed by atoms with Gasteiger partial charge in [0, 0.05) is 23.5 Å². The van der Waals surface area contributed by atoms with Crippen LogP contribution in [0.15, 0.2) is 12.1 Å². The summed E-state index contributed by atoms with van der Waals surface area (Å²) >= 11 is 1.57. The van der Waals surface area contributed by atoms with E-state index in [0.29, 0.717) is 0 Å². The third kappa shape index (κ3) is 2.79. The van der Waals surface area contributed by atoms with Crippen LogP contribution in [0.2, 0.25) is 0 Å². The Morgan fingerprint density at radius 2 is 2.06 bits per heavy atom. The number of pyridine rings is 1. The summed E-state index contributed by atoms with van der Waals surface area (Å²) in [6, 6.07) is 4.06. The first kappa shape index (κ1) is 12.0. The molecule has 4 nitrogen and oxygen atoms in total. The highest BCUT2D eigenvalue weighted by Crippen LogP contribution is 2.28. The maximum absolute atomic E-state index is 4.44. The molecule has 90 valence electrons. The van der Waals surface area contributed by atoms with Crippen molar-refractivity contribution in [2.24, 2.45) is 0 Å². The van der Waals surface area contributed by atoms with Gasteiger partial charge in [0.1, 0.15) is 0 Å². The van der Waals surface area contributed by atoms with Gasteiger partial charge in [0.15, 0.2) is 5.01 Å². The fourth-order valence-electron chi connectivity index (χ4n) is 1.55. The van der Waals surface area contributed by atoms with Gasteiger partial charge in [0.2, 0.25) is 5.13 Å². The van der Waals surface area contributed by atoms with E-state index < -0.39 is 0 Å². The largest absolute Gasteiger partial charge is 0.360 e. The molecule has 17 heavy (non-hydrogen) atoms. The normalized spacial score (nSPS) is 10.5. The van der Waals surface area contributed by atoms with E-state index in [1.165, 1.54) is 0 Å². The molecular weight excluding hydrogens is 232 g/mol. The minimum Gasteiger partial charge on any atom is -0.360 e. The zero-order chi connectivity index (χ0) is 12.3. The van der Waals surface area contributed by atoms with Gasteiger partial charge in [-0.2, -0.15) is 0 Å². The van der Waals surface area contributed by atoms with E-state index in [0.717, 1.165) is 40.1 Å². The van der Waals surface area contributed by atoms with Crippen LogP contribution >= 0.6 is 11.3 Å². The molecule has 0 aliphatic rings. The molecule has 0 aliphatic heterocycles. The van der Waals surface area contributed by atoms with Gasteiger partial charge in [-0.3, -0.25) is 4.98 Å². The van der Waals surface area contributed by atoms with Crippen LogP contribution in [0.25, 0.3) is 10.6 Å². The van der Waals surface area contributed by atoms with Crippen LogP contribution in [0.4, 0.5) is 5.13 Å². The van der Waals surface area contributed by atoms with Crippen molar-refractivity contribution < 1.29 is 0 Å². The predicted octanol–water partition coefficient (Wildman–Crippen LogP) is 3.04. The topological polar surface area (TPSA) is 50.7 Å². The molecule has 2 rings (SSSR count). The summed E-state index contributed by atoms with van der Waals surface area (Å²) < 4.78 is 0. The predicted molar refractivity (Wildman–Crippen MR) is 71.4 cm³/mol. The number of hydrogen-bond donors (Lipinski definition) is 1. The van der Waals surface area contributed by atoms with Crippen molar-refractivity contribution in [3.05, 3.63) is 23.5 Å². The summed E-state index contributed by atoms with van der Waals surface area (Å²) in [5.74, 6) is 0. The lowest BCUT2D eigenvalue weighted by Gasteiger charge is -2.01. The van der Waals surface area contributed by atoms with E-state index in [-0.39, 0.29) is 0 Å². The lowest BCUT2D eigenvalue weighted by molar-refractivity contribution is 0.963. The van der Waals surface area contributed by atoms with Crippen molar-refractivity contribution in [3.63, 3.8) is 0 Å². The van der Waals surface area contributed by atoms with Gasteiger partial charge in [0.05, 0.1) is 0 Å². The summed E-state index contributed by atoms with van der Waals surface area (Å²) in [5, 5.41) is 13.4. The van der Waals surface area contributed by atoms with Crippen LogP contribution in [0, 0.1) is 13.8 Å². The van der Waals surface area contributed by atoms with E-state index in [4.69, 9.17) is 0 Å². The molecule has 2 heterocycles. The Kier molecular flexibility index (Phi) is 3.68. The standard InChI is InChI=1S/C12H16N4S/c1-4-7-13-12-16-15-11(17-12)10-6-5-8(2)14-9(10)3/h5-6H,4,7H2,1-3H3,(H,13,16). The number of aromatic nitrogens is 3. The summed E-state index contributed by atoms with van der Waals surface area (Å²) in [6.07, 6.45) is 1.08. The smallest absolute Gasteiger partial charge is 0.206 e. The van der Waals surface area contributed by atoms with Crippen molar-refractivity contribution in [2.45, 2.75) is 27.2 Å². The van der Waals surface area contributed by atoms with Crippen LogP contribution in [0.3, 0.4) is 0 Å². The molecule has 0 amide bonds. The first-order valence-electron chi connectivity index (χ1n) is 5.72. The lowest BCUT2D eigenvalue weighted by Crippen LogP contribution is -1.98. The molecule has 0 unspecified atom stereocenters. The molecule has 2 aromatic heterocycles. The Labute approximate surface area is 105 Å². The molecular formula is C12H16N4S. The van der Waals surface area contributed by atoms with E-state index in [1.54, 1.807) is 11.3 Å². The minimum absolute atomic E-state index is 0.877. The number of hydrogen-bond acceptors (Lipinski definition) is 5. The lowest BCUT2D eigenvalue weighted by atomic mass is 10.2. The van der Waals surface area contributed by atoms with Crippen LogP contribution in [0.5, 0.6) is 0 Å². The molecule has 0 fully saturated rings. The van der Waals surface area contributed by atoms with E-state index >= 15 is 0 Å². The first-order valence-corrected chi connectivity index (χ1v) is 6.54. The highest BCUT2D eigenvalue weighted by molar-refractivity contribution is 7.18. The fraction of sp³-hybridized carbons (Fsp3) is 0.417. The average molecular weight is 248 g/mol. The summed E-state index contributed by atoms with van der Waals surface area (Å²) in [6.45, 7) is 7.05. The van der Waals surface area contributed by atoms with Gasteiger partial charge in [-0.05, 0) is 32.4 Å². The van der Waals surface area contributed by atoms with Gasteiger partial charge in [0.25, 0.3) is 0 Å². The van der Waals surface area contributed by atoms with Gasteiger partial charge in [-0.15, -0.1) is 10.2 Å². The maximum Gasteiger partial charge on any atom is 0.206 e. The first-order chi connectivity index (χ1) is 8.20. The molecule has 5 heteroatoms. The van der Waals surface area contributed by atoms with Gasteiger partial charge in [-0.25, -0.2) is 0 Å². The Bertz CT molecular complexity index is 507. The molecule has 0 bridgehead atoms. The van der Waals surface area contributed by atoms with Crippen LogP contribution in [-0.2, 0) is 0 Å². The second-order valence-corrected chi connectivity index (χ2v) is 4.90. The van der Waals surface area contributed by atoms with Crippen molar-refractivity contribution in [2.75, 3.05) is 11.9 Å². The molecule has 0 aromatic carbocycles. The Hall–Kier alpha value is -1.49. The van der Waals surface area contributed by atoms with Crippen molar-refractivity contribution in [1.82, 2.24) is 15.2 Å². The summed E-state index contributed by atoms with van der Waals surface area (Å²) in [7, 11) is 0. The third-order valence-electron chi connectivity index (χ3n) is 2.41. The monoisotopic (exact) mass is 248 g/mol. The maximum atomic E-state index is 4.44. The second-order valence-electron chi connectivity index (χ2n) is 3.92. The molecule has 1 N–H and O–H groups in total. The molecule has 0 atom stereocenters. The number of aryl methyl sites for hydroxylation is 2. The van der Waals surface area contributed by atoms with Crippen LogP contribution < -0.4 is 5.32 Å². The Balaban J connectivity index is 2.24. The second kappa shape index (κ2) is 5.23. The van der Waals surface area contributed by atoms with Crippen molar-refractivity contribution in [1.29, 1.82) is 0 Å². The van der Waals surface area contributed by atoms with Crippen LogP contribution in [-0.4, -0.2) is 21.7 Å². The van der Waals surface area contributed by atoms with Gasteiger partial charge in [-0.1, -0.05) is 18.3 Å². The molecule has 0 saturated heterocycles. The number of nitrogens with zero attached hydrogens (tertiary/aromatic N) is 3. The summed E-state index contributed by atoms with van der Waals surface area (Å²) in [5.41, 5.74) is 3.10. The molecule has 0 saturated carbocycles. The average Bonchev–Trinajstić information content (AvgIpc) is 2.75. The van der Waals surface area contributed by atoms with Crippen molar-refractivity contribution >= 4 is 16.5 Å². The highest BCUT2D eigenvalue weighted by atomic mass is 32.1. The molecule has 0 aliphatic carbocycles. The molecule has 2 aromatic rings. The third-order valence-corrected chi connectivity index (χ3v) is 3.32.